The first-order chi connectivity index (χ1) is 5.99. The predicted molar refractivity (Wildman–Crippen MR) is 53.6 cm³/mol. The van der Waals surface area contributed by atoms with Crippen LogP contribution in [0, 0.1) is 11.8 Å². The summed E-state index contributed by atoms with van der Waals surface area (Å²) in [6.45, 7) is 9.48. The number of amides is 2. The Morgan fingerprint density at radius 1 is 1.23 bits per heavy atom. The molecule has 0 aromatic heterocycles. The van der Waals surface area contributed by atoms with Crippen LogP contribution in [0.15, 0.2) is 0 Å². The summed E-state index contributed by atoms with van der Waals surface area (Å²) in [4.78, 5) is 11.3. The molecule has 1 fully saturated rings. The summed E-state index contributed by atoms with van der Waals surface area (Å²) in [5, 5.41) is 5.88. The third kappa shape index (κ3) is 1.79. The van der Waals surface area contributed by atoms with Crippen molar-refractivity contribution in [3.05, 3.63) is 0 Å². The van der Waals surface area contributed by atoms with Crippen molar-refractivity contribution in [3.63, 3.8) is 0 Å². The molecule has 0 aromatic carbocycles. The lowest BCUT2D eigenvalue weighted by Crippen LogP contribution is -2.63. The van der Waals surface area contributed by atoms with E-state index in [1.807, 2.05) is 0 Å². The first kappa shape index (κ1) is 10.4. The van der Waals surface area contributed by atoms with Gasteiger partial charge in [-0.3, -0.25) is 0 Å². The molecule has 0 aromatic rings. The molecule has 0 radical (unpaired) electrons. The highest BCUT2D eigenvalue weighted by molar-refractivity contribution is 5.75. The predicted octanol–water partition coefficient (Wildman–Crippen LogP) is 1.74. The van der Waals surface area contributed by atoms with Crippen LogP contribution in [0.2, 0.25) is 0 Å². The van der Waals surface area contributed by atoms with E-state index in [1.165, 1.54) is 0 Å². The van der Waals surface area contributed by atoms with Crippen LogP contribution in [0.3, 0.4) is 0 Å². The molecule has 0 saturated carbocycles. The van der Waals surface area contributed by atoms with Crippen molar-refractivity contribution < 1.29 is 4.79 Å². The number of carbonyl (C=O) groups excluding carboxylic acids is 1. The summed E-state index contributed by atoms with van der Waals surface area (Å²) in [6, 6.07) is -0.0198. The second-order valence-corrected chi connectivity index (χ2v) is 4.48. The Hall–Kier alpha value is -0.730. The topological polar surface area (TPSA) is 41.1 Å². The van der Waals surface area contributed by atoms with Crippen LogP contribution < -0.4 is 10.6 Å². The summed E-state index contributed by atoms with van der Waals surface area (Å²) in [5.41, 5.74) is -0.0116. The molecule has 13 heavy (non-hydrogen) atoms. The van der Waals surface area contributed by atoms with Crippen molar-refractivity contribution in [2.45, 2.75) is 39.7 Å². The van der Waals surface area contributed by atoms with Gasteiger partial charge in [-0.1, -0.05) is 27.7 Å². The van der Waals surface area contributed by atoms with Gasteiger partial charge in [0.15, 0.2) is 0 Å². The normalized spacial score (nSPS) is 21.5. The zero-order valence-electron chi connectivity index (χ0n) is 8.98. The van der Waals surface area contributed by atoms with E-state index in [1.54, 1.807) is 0 Å². The van der Waals surface area contributed by atoms with Crippen molar-refractivity contribution in [1.82, 2.24) is 10.6 Å². The van der Waals surface area contributed by atoms with Gasteiger partial charge in [-0.15, -0.1) is 0 Å². The average molecular weight is 184 g/mol. The minimum absolute atomic E-state index is 0.0116. The van der Waals surface area contributed by atoms with E-state index in [-0.39, 0.29) is 11.6 Å². The Kier molecular flexibility index (Phi) is 2.84. The zero-order valence-corrected chi connectivity index (χ0v) is 8.98. The molecule has 3 heteroatoms. The third-order valence-corrected chi connectivity index (χ3v) is 3.23. The molecule has 0 atom stereocenters. The lowest BCUT2D eigenvalue weighted by atomic mass is 9.74. The second kappa shape index (κ2) is 3.56. The molecule has 2 N–H and O–H groups in total. The molecule has 0 unspecified atom stereocenters. The van der Waals surface area contributed by atoms with Gasteiger partial charge in [0, 0.05) is 12.1 Å². The maximum absolute atomic E-state index is 11.3. The standard InChI is InChI=1S/C10H20N2O/c1-7(2)10(8(3)4)5-6-11-9(13)12-10/h7-8H,5-6H2,1-4H3,(H2,11,12,13). The van der Waals surface area contributed by atoms with E-state index < -0.39 is 0 Å². The molecule has 0 spiro atoms. The maximum atomic E-state index is 11.3. The molecule has 1 heterocycles. The minimum Gasteiger partial charge on any atom is -0.338 e. The van der Waals surface area contributed by atoms with Gasteiger partial charge in [0.25, 0.3) is 0 Å². The number of nitrogens with one attached hydrogen (secondary N) is 2. The SMILES string of the molecule is CC(C)C1(C(C)C)CCNC(=O)N1. The van der Waals surface area contributed by atoms with Crippen LogP contribution >= 0.6 is 0 Å². The van der Waals surface area contributed by atoms with Gasteiger partial charge in [0.1, 0.15) is 0 Å². The smallest absolute Gasteiger partial charge is 0.315 e. The largest absolute Gasteiger partial charge is 0.338 e. The van der Waals surface area contributed by atoms with Gasteiger partial charge in [-0.05, 0) is 18.3 Å². The second-order valence-electron chi connectivity index (χ2n) is 4.48. The van der Waals surface area contributed by atoms with Gasteiger partial charge >= 0.3 is 6.03 Å². The summed E-state index contributed by atoms with van der Waals surface area (Å²) < 4.78 is 0. The molecule has 0 bridgehead atoms. The molecule has 76 valence electrons. The Morgan fingerprint density at radius 2 is 1.77 bits per heavy atom. The molecular weight excluding hydrogens is 164 g/mol. The summed E-state index contributed by atoms with van der Waals surface area (Å²) in [5.74, 6) is 0.970. The van der Waals surface area contributed by atoms with E-state index in [9.17, 15) is 4.79 Å². The number of carbonyl (C=O) groups is 1. The van der Waals surface area contributed by atoms with Crippen LogP contribution in [0.4, 0.5) is 4.79 Å². The lowest BCUT2D eigenvalue weighted by molar-refractivity contribution is 0.134. The Labute approximate surface area is 80.3 Å². The summed E-state index contributed by atoms with van der Waals surface area (Å²) >= 11 is 0. The summed E-state index contributed by atoms with van der Waals surface area (Å²) in [6.07, 6.45) is 1.02. The number of urea groups is 1. The quantitative estimate of drug-likeness (QED) is 0.674. The van der Waals surface area contributed by atoms with Crippen LogP contribution in [-0.4, -0.2) is 18.1 Å². The van der Waals surface area contributed by atoms with Gasteiger partial charge in [0.05, 0.1) is 0 Å². The highest BCUT2D eigenvalue weighted by Crippen LogP contribution is 2.30. The third-order valence-electron chi connectivity index (χ3n) is 3.23. The van der Waals surface area contributed by atoms with Crippen LogP contribution in [0.25, 0.3) is 0 Å². The van der Waals surface area contributed by atoms with Crippen molar-refractivity contribution in [3.8, 4) is 0 Å². The van der Waals surface area contributed by atoms with E-state index in [2.05, 4.69) is 38.3 Å². The van der Waals surface area contributed by atoms with E-state index >= 15 is 0 Å². The van der Waals surface area contributed by atoms with Crippen LogP contribution in [-0.2, 0) is 0 Å². The van der Waals surface area contributed by atoms with Crippen molar-refractivity contribution >= 4 is 6.03 Å². The van der Waals surface area contributed by atoms with Crippen LogP contribution in [0.5, 0.6) is 0 Å². The van der Waals surface area contributed by atoms with Crippen molar-refractivity contribution in [2.24, 2.45) is 11.8 Å². The highest BCUT2D eigenvalue weighted by atomic mass is 16.2. The fraction of sp³-hybridized carbons (Fsp3) is 0.900. The van der Waals surface area contributed by atoms with Gasteiger partial charge in [-0.25, -0.2) is 4.79 Å². The number of rotatable bonds is 2. The Bertz CT molecular complexity index is 191. The molecule has 1 rings (SSSR count). The Morgan fingerprint density at radius 3 is 2.08 bits per heavy atom. The monoisotopic (exact) mass is 184 g/mol. The number of hydrogen-bond acceptors (Lipinski definition) is 1. The van der Waals surface area contributed by atoms with Crippen LogP contribution in [0.1, 0.15) is 34.1 Å². The molecule has 3 nitrogen and oxygen atoms in total. The molecule has 1 aliphatic heterocycles. The fourth-order valence-electron chi connectivity index (χ4n) is 2.23. The number of hydrogen-bond donors (Lipinski definition) is 2. The molecule has 1 saturated heterocycles. The van der Waals surface area contributed by atoms with Gasteiger partial charge < -0.3 is 10.6 Å². The first-order valence-corrected chi connectivity index (χ1v) is 5.05. The highest BCUT2D eigenvalue weighted by Gasteiger charge is 2.40. The minimum atomic E-state index is -0.0198. The zero-order chi connectivity index (χ0) is 10.1. The van der Waals surface area contributed by atoms with E-state index in [0.717, 1.165) is 13.0 Å². The molecule has 2 amide bonds. The lowest BCUT2D eigenvalue weighted by Gasteiger charge is -2.45. The fourth-order valence-corrected chi connectivity index (χ4v) is 2.23. The van der Waals surface area contributed by atoms with Crippen molar-refractivity contribution in [1.29, 1.82) is 0 Å². The molecule has 0 aliphatic carbocycles. The molecular formula is C10H20N2O. The molecule has 1 aliphatic rings. The van der Waals surface area contributed by atoms with Gasteiger partial charge in [0.2, 0.25) is 0 Å². The van der Waals surface area contributed by atoms with Gasteiger partial charge in [-0.2, -0.15) is 0 Å². The van der Waals surface area contributed by atoms with Crippen molar-refractivity contribution in [2.75, 3.05) is 6.54 Å². The van der Waals surface area contributed by atoms with E-state index in [0.29, 0.717) is 11.8 Å². The first-order valence-electron chi connectivity index (χ1n) is 5.05. The Balaban J connectivity index is 2.83. The summed E-state index contributed by atoms with van der Waals surface area (Å²) in [7, 11) is 0. The van der Waals surface area contributed by atoms with E-state index in [4.69, 9.17) is 0 Å². The average Bonchev–Trinajstić information content (AvgIpc) is 2.03. The maximum Gasteiger partial charge on any atom is 0.315 e.